The minimum Gasteiger partial charge on any atom is -0.486 e. The fourth-order valence-corrected chi connectivity index (χ4v) is 2.20. The number of rotatable bonds is 3. The Balaban J connectivity index is 1.95. The summed E-state index contributed by atoms with van der Waals surface area (Å²) in [6, 6.07) is 8.07. The Morgan fingerprint density at radius 3 is 2.61 bits per heavy atom. The Labute approximate surface area is 106 Å². The normalized spacial score (nSPS) is 15.4. The lowest BCUT2D eigenvalue weighted by atomic mass is 10.0. The number of hydrogen-bond acceptors (Lipinski definition) is 4. The largest absolute Gasteiger partial charge is 0.486 e. The molecule has 0 bridgehead atoms. The highest BCUT2D eigenvalue weighted by atomic mass is 16.6. The van der Waals surface area contributed by atoms with Gasteiger partial charge in [-0.05, 0) is 30.8 Å². The number of ether oxygens (including phenoxy) is 2. The van der Waals surface area contributed by atoms with E-state index in [-0.39, 0.29) is 6.04 Å². The summed E-state index contributed by atoms with van der Waals surface area (Å²) in [6.45, 7) is 1.22. The van der Waals surface area contributed by atoms with Gasteiger partial charge in [-0.25, -0.2) is 0 Å². The minimum absolute atomic E-state index is 0.0968. The van der Waals surface area contributed by atoms with Gasteiger partial charge in [0.1, 0.15) is 13.2 Å². The number of fused-ring (bicyclic) bond motifs is 1. The van der Waals surface area contributed by atoms with Crippen molar-refractivity contribution in [3.63, 3.8) is 0 Å². The fraction of sp³-hybridized carbons (Fsp3) is 0.286. The van der Waals surface area contributed by atoms with Gasteiger partial charge in [-0.15, -0.1) is 0 Å². The molecule has 2 aromatic rings. The van der Waals surface area contributed by atoms with Crippen molar-refractivity contribution < 1.29 is 13.9 Å². The quantitative estimate of drug-likeness (QED) is 0.901. The Hall–Kier alpha value is -1.94. The summed E-state index contributed by atoms with van der Waals surface area (Å²) >= 11 is 0. The first-order chi connectivity index (χ1) is 8.88. The molecule has 2 heterocycles. The van der Waals surface area contributed by atoms with E-state index in [9.17, 15) is 0 Å². The molecule has 1 aliphatic heterocycles. The molecule has 3 rings (SSSR count). The monoisotopic (exact) mass is 245 g/mol. The van der Waals surface area contributed by atoms with E-state index in [0.717, 1.165) is 22.6 Å². The summed E-state index contributed by atoms with van der Waals surface area (Å²) in [6.07, 6.45) is 3.43. The van der Waals surface area contributed by atoms with E-state index >= 15 is 0 Å². The molecule has 0 saturated carbocycles. The van der Waals surface area contributed by atoms with Crippen molar-refractivity contribution >= 4 is 0 Å². The van der Waals surface area contributed by atoms with Crippen molar-refractivity contribution in [2.24, 2.45) is 0 Å². The molecule has 1 aromatic heterocycles. The molecule has 0 aliphatic carbocycles. The van der Waals surface area contributed by atoms with Crippen molar-refractivity contribution in [3.05, 3.63) is 47.9 Å². The first-order valence-electron chi connectivity index (χ1n) is 5.97. The average Bonchev–Trinajstić information content (AvgIpc) is 2.93. The van der Waals surface area contributed by atoms with Gasteiger partial charge in [-0.2, -0.15) is 0 Å². The summed E-state index contributed by atoms with van der Waals surface area (Å²) in [5.41, 5.74) is 2.22. The minimum atomic E-state index is 0.0968. The standard InChI is InChI=1S/C14H15NO3/c1-15-14(11-4-5-16-9-11)10-2-3-12-13(8-10)18-7-6-17-12/h2-5,8-9,14-15H,6-7H2,1H3. The molecular formula is C14H15NO3. The van der Waals surface area contributed by atoms with Crippen molar-refractivity contribution in [1.82, 2.24) is 5.32 Å². The van der Waals surface area contributed by atoms with Gasteiger partial charge >= 0.3 is 0 Å². The number of nitrogens with one attached hydrogen (secondary N) is 1. The predicted octanol–water partition coefficient (Wildman–Crippen LogP) is 2.36. The molecule has 0 spiro atoms. The average molecular weight is 245 g/mol. The molecular weight excluding hydrogens is 230 g/mol. The van der Waals surface area contributed by atoms with E-state index in [0.29, 0.717) is 13.2 Å². The lowest BCUT2D eigenvalue weighted by Crippen LogP contribution is -2.19. The van der Waals surface area contributed by atoms with E-state index in [1.54, 1.807) is 12.5 Å². The van der Waals surface area contributed by atoms with Gasteiger partial charge in [0, 0.05) is 5.56 Å². The van der Waals surface area contributed by atoms with Crippen LogP contribution in [0.15, 0.2) is 41.2 Å². The maximum atomic E-state index is 5.60. The second-order valence-electron chi connectivity index (χ2n) is 4.18. The Morgan fingerprint density at radius 1 is 1.06 bits per heavy atom. The molecule has 1 aliphatic rings. The summed E-state index contributed by atoms with van der Waals surface area (Å²) in [5.74, 6) is 1.62. The molecule has 0 radical (unpaired) electrons. The number of benzene rings is 1. The second kappa shape index (κ2) is 4.74. The Kier molecular flexibility index (Phi) is 2.94. The highest BCUT2D eigenvalue weighted by molar-refractivity contribution is 5.46. The van der Waals surface area contributed by atoms with Crippen LogP contribution in [0.1, 0.15) is 17.2 Å². The van der Waals surface area contributed by atoms with Crippen LogP contribution in [0.4, 0.5) is 0 Å². The smallest absolute Gasteiger partial charge is 0.161 e. The molecule has 0 fully saturated rings. The fourth-order valence-electron chi connectivity index (χ4n) is 2.20. The van der Waals surface area contributed by atoms with Crippen LogP contribution < -0.4 is 14.8 Å². The maximum Gasteiger partial charge on any atom is 0.161 e. The molecule has 1 unspecified atom stereocenters. The molecule has 1 aromatic carbocycles. The molecule has 1 N–H and O–H groups in total. The SMILES string of the molecule is CNC(c1ccoc1)c1ccc2c(c1)OCCO2. The molecule has 94 valence electrons. The first kappa shape index (κ1) is 11.2. The number of furan rings is 1. The third-order valence-corrected chi connectivity index (χ3v) is 3.06. The van der Waals surface area contributed by atoms with Gasteiger partial charge in [0.15, 0.2) is 11.5 Å². The van der Waals surface area contributed by atoms with Gasteiger partial charge in [-0.1, -0.05) is 6.07 Å². The zero-order valence-corrected chi connectivity index (χ0v) is 10.2. The number of hydrogen-bond donors (Lipinski definition) is 1. The van der Waals surface area contributed by atoms with Crippen LogP contribution >= 0.6 is 0 Å². The van der Waals surface area contributed by atoms with Crippen molar-refractivity contribution in [1.29, 1.82) is 0 Å². The van der Waals surface area contributed by atoms with Crippen molar-refractivity contribution in [2.75, 3.05) is 20.3 Å². The lowest BCUT2D eigenvalue weighted by molar-refractivity contribution is 0.171. The predicted molar refractivity (Wildman–Crippen MR) is 67.0 cm³/mol. The lowest BCUT2D eigenvalue weighted by Gasteiger charge is -2.21. The highest BCUT2D eigenvalue weighted by Crippen LogP contribution is 2.34. The van der Waals surface area contributed by atoms with E-state index in [1.807, 2.05) is 31.3 Å². The van der Waals surface area contributed by atoms with Crippen LogP contribution in [-0.4, -0.2) is 20.3 Å². The molecule has 0 amide bonds. The zero-order chi connectivity index (χ0) is 12.4. The van der Waals surface area contributed by atoms with Crippen LogP contribution in [0.25, 0.3) is 0 Å². The van der Waals surface area contributed by atoms with Crippen LogP contribution in [0.2, 0.25) is 0 Å². The summed E-state index contributed by atoms with van der Waals surface area (Å²) < 4.78 is 16.3. The summed E-state index contributed by atoms with van der Waals surface area (Å²) in [5, 5.41) is 3.27. The zero-order valence-electron chi connectivity index (χ0n) is 10.2. The van der Waals surface area contributed by atoms with Gasteiger partial charge in [0.05, 0.1) is 18.6 Å². The molecule has 1 atom stereocenters. The highest BCUT2D eigenvalue weighted by Gasteiger charge is 2.17. The molecule has 4 heteroatoms. The van der Waals surface area contributed by atoms with E-state index in [2.05, 4.69) is 5.32 Å². The van der Waals surface area contributed by atoms with Gasteiger partial charge in [-0.3, -0.25) is 0 Å². The van der Waals surface area contributed by atoms with Gasteiger partial charge in [0.2, 0.25) is 0 Å². The van der Waals surface area contributed by atoms with Crippen molar-refractivity contribution in [2.45, 2.75) is 6.04 Å². The van der Waals surface area contributed by atoms with Crippen molar-refractivity contribution in [3.8, 4) is 11.5 Å². The molecule has 0 saturated heterocycles. The first-order valence-corrected chi connectivity index (χ1v) is 5.97. The van der Waals surface area contributed by atoms with E-state index in [1.165, 1.54) is 0 Å². The van der Waals surface area contributed by atoms with E-state index < -0.39 is 0 Å². The second-order valence-corrected chi connectivity index (χ2v) is 4.18. The van der Waals surface area contributed by atoms with Crippen LogP contribution in [0.5, 0.6) is 11.5 Å². The topological polar surface area (TPSA) is 43.6 Å². The maximum absolute atomic E-state index is 5.60. The van der Waals surface area contributed by atoms with E-state index in [4.69, 9.17) is 13.9 Å². The third kappa shape index (κ3) is 1.95. The van der Waals surface area contributed by atoms with Crippen LogP contribution in [0.3, 0.4) is 0 Å². The third-order valence-electron chi connectivity index (χ3n) is 3.06. The Bertz CT molecular complexity index is 522. The summed E-state index contributed by atoms with van der Waals surface area (Å²) in [7, 11) is 1.93. The van der Waals surface area contributed by atoms with Gasteiger partial charge in [0.25, 0.3) is 0 Å². The summed E-state index contributed by atoms with van der Waals surface area (Å²) in [4.78, 5) is 0. The molecule has 18 heavy (non-hydrogen) atoms. The molecule has 4 nitrogen and oxygen atoms in total. The van der Waals surface area contributed by atoms with Crippen LogP contribution in [-0.2, 0) is 0 Å². The van der Waals surface area contributed by atoms with Crippen LogP contribution in [0, 0.1) is 0 Å². The van der Waals surface area contributed by atoms with Gasteiger partial charge < -0.3 is 19.2 Å². The Morgan fingerprint density at radius 2 is 1.89 bits per heavy atom.